The molecular formula is C15H18O2. The summed E-state index contributed by atoms with van der Waals surface area (Å²) in [6.07, 6.45) is 6.13. The number of ketones is 1. The first-order valence-electron chi connectivity index (χ1n) is 6.28. The molecule has 1 aromatic rings. The highest BCUT2D eigenvalue weighted by molar-refractivity contribution is 6.08. The van der Waals surface area contributed by atoms with Crippen molar-refractivity contribution in [2.24, 2.45) is 0 Å². The molecule has 0 atom stereocenters. The van der Waals surface area contributed by atoms with E-state index in [1.807, 2.05) is 24.3 Å². The molecule has 0 N–H and O–H groups in total. The Morgan fingerprint density at radius 1 is 1.29 bits per heavy atom. The molecule has 0 bridgehead atoms. The van der Waals surface area contributed by atoms with Crippen molar-refractivity contribution in [1.82, 2.24) is 0 Å². The van der Waals surface area contributed by atoms with Gasteiger partial charge in [0.2, 0.25) is 0 Å². The Balaban J connectivity index is 2.04. The van der Waals surface area contributed by atoms with Gasteiger partial charge < -0.3 is 4.74 Å². The third kappa shape index (κ3) is 2.96. The van der Waals surface area contributed by atoms with Crippen LogP contribution < -0.4 is 4.74 Å². The average Bonchev–Trinajstić information content (AvgIpc) is 2.90. The van der Waals surface area contributed by atoms with Crippen molar-refractivity contribution in [2.45, 2.75) is 32.6 Å². The van der Waals surface area contributed by atoms with E-state index < -0.39 is 0 Å². The van der Waals surface area contributed by atoms with Crippen LogP contribution in [0, 0.1) is 0 Å². The van der Waals surface area contributed by atoms with E-state index in [9.17, 15) is 4.79 Å². The van der Waals surface area contributed by atoms with Crippen molar-refractivity contribution < 1.29 is 9.53 Å². The minimum absolute atomic E-state index is 0.171. The zero-order valence-corrected chi connectivity index (χ0v) is 10.2. The lowest BCUT2D eigenvalue weighted by Gasteiger charge is -2.06. The summed E-state index contributed by atoms with van der Waals surface area (Å²) in [7, 11) is 0. The molecule has 0 spiro atoms. The smallest absolute Gasteiger partial charge is 0.188 e. The van der Waals surface area contributed by atoms with E-state index in [4.69, 9.17) is 4.74 Å². The van der Waals surface area contributed by atoms with E-state index in [0.29, 0.717) is 0 Å². The van der Waals surface area contributed by atoms with Crippen LogP contribution in [0.25, 0.3) is 0 Å². The SMILES string of the molecule is CCCOc1ccc(C(=O)C2=CCCC2)cc1. The molecule has 0 radical (unpaired) electrons. The minimum atomic E-state index is 0.171. The molecule has 90 valence electrons. The summed E-state index contributed by atoms with van der Waals surface area (Å²) in [4.78, 5) is 12.1. The molecule has 0 saturated heterocycles. The van der Waals surface area contributed by atoms with Gasteiger partial charge in [0.1, 0.15) is 5.75 Å². The summed E-state index contributed by atoms with van der Waals surface area (Å²) in [6, 6.07) is 7.45. The Morgan fingerprint density at radius 2 is 2.06 bits per heavy atom. The number of carbonyl (C=O) groups is 1. The third-order valence-corrected chi connectivity index (χ3v) is 2.92. The number of allylic oxidation sites excluding steroid dienone is 2. The van der Waals surface area contributed by atoms with Crippen LogP contribution in [-0.4, -0.2) is 12.4 Å². The fraction of sp³-hybridized carbons (Fsp3) is 0.400. The van der Waals surface area contributed by atoms with Gasteiger partial charge in [-0.3, -0.25) is 4.79 Å². The van der Waals surface area contributed by atoms with E-state index in [0.717, 1.165) is 49.2 Å². The molecule has 0 unspecified atom stereocenters. The number of hydrogen-bond donors (Lipinski definition) is 0. The van der Waals surface area contributed by atoms with Gasteiger partial charge >= 0.3 is 0 Å². The average molecular weight is 230 g/mol. The van der Waals surface area contributed by atoms with Crippen LogP contribution in [0.1, 0.15) is 43.0 Å². The van der Waals surface area contributed by atoms with Crippen molar-refractivity contribution in [3.05, 3.63) is 41.5 Å². The molecule has 0 amide bonds. The van der Waals surface area contributed by atoms with E-state index in [2.05, 4.69) is 13.0 Å². The highest BCUT2D eigenvalue weighted by Crippen LogP contribution is 2.22. The fourth-order valence-electron chi connectivity index (χ4n) is 1.98. The first-order valence-corrected chi connectivity index (χ1v) is 6.28. The topological polar surface area (TPSA) is 26.3 Å². The molecule has 0 heterocycles. The largest absolute Gasteiger partial charge is 0.494 e. The van der Waals surface area contributed by atoms with Gasteiger partial charge in [0.15, 0.2) is 5.78 Å². The molecule has 2 nitrogen and oxygen atoms in total. The lowest BCUT2D eigenvalue weighted by molar-refractivity contribution is 0.103. The van der Waals surface area contributed by atoms with Crippen molar-refractivity contribution in [3.63, 3.8) is 0 Å². The highest BCUT2D eigenvalue weighted by atomic mass is 16.5. The van der Waals surface area contributed by atoms with E-state index in [1.165, 1.54) is 0 Å². The molecule has 0 saturated carbocycles. The number of carbonyl (C=O) groups excluding carboxylic acids is 1. The molecule has 0 fully saturated rings. The predicted molar refractivity (Wildman–Crippen MR) is 68.5 cm³/mol. The lowest BCUT2D eigenvalue weighted by Crippen LogP contribution is -2.02. The van der Waals surface area contributed by atoms with E-state index in [-0.39, 0.29) is 5.78 Å². The molecule has 2 rings (SSSR count). The van der Waals surface area contributed by atoms with Crippen molar-refractivity contribution in [2.75, 3.05) is 6.61 Å². The monoisotopic (exact) mass is 230 g/mol. The van der Waals surface area contributed by atoms with E-state index >= 15 is 0 Å². The maximum Gasteiger partial charge on any atom is 0.188 e. The quantitative estimate of drug-likeness (QED) is 0.720. The lowest BCUT2D eigenvalue weighted by atomic mass is 10.0. The van der Waals surface area contributed by atoms with Gasteiger partial charge in [0, 0.05) is 5.56 Å². The van der Waals surface area contributed by atoms with Crippen molar-refractivity contribution >= 4 is 5.78 Å². The summed E-state index contributed by atoms with van der Waals surface area (Å²) in [5, 5.41) is 0. The Kier molecular flexibility index (Phi) is 3.97. The van der Waals surface area contributed by atoms with Gasteiger partial charge in [-0.25, -0.2) is 0 Å². The van der Waals surface area contributed by atoms with Crippen LogP contribution in [0.2, 0.25) is 0 Å². The van der Waals surface area contributed by atoms with Crippen LogP contribution in [0.5, 0.6) is 5.75 Å². The highest BCUT2D eigenvalue weighted by Gasteiger charge is 2.14. The molecule has 1 aromatic carbocycles. The summed E-state index contributed by atoms with van der Waals surface area (Å²) in [5.41, 5.74) is 1.73. The second-order valence-corrected chi connectivity index (χ2v) is 4.32. The first kappa shape index (κ1) is 11.9. The zero-order chi connectivity index (χ0) is 12.1. The Morgan fingerprint density at radius 3 is 2.65 bits per heavy atom. The number of rotatable bonds is 5. The standard InChI is InChI=1S/C15H18O2/c1-2-11-17-14-9-7-13(8-10-14)15(16)12-5-3-4-6-12/h5,7-10H,2-4,6,11H2,1H3. The zero-order valence-electron chi connectivity index (χ0n) is 10.2. The minimum Gasteiger partial charge on any atom is -0.494 e. The molecule has 1 aliphatic rings. The number of ether oxygens (including phenoxy) is 1. The molecule has 1 aliphatic carbocycles. The Bertz CT molecular complexity index is 415. The van der Waals surface area contributed by atoms with Crippen molar-refractivity contribution in [1.29, 1.82) is 0 Å². The van der Waals surface area contributed by atoms with Gasteiger partial charge in [-0.2, -0.15) is 0 Å². The molecule has 0 aliphatic heterocycles. The number of Topliss-reactive ketones (excluding diaryl/α,β-unsaturated/α-hetero) is 1. The van der Waals surface area contributed by atoms with Crippen LogP contribution in [0.3, 0.4) is 0 Å². The molecular weight excluding hydrogens is 212 g/mol. The normalized spacial score (nSPS) is 14.5. The van der Waals surface area contributed by atoms with Crippen LogP contribution in [0.15, 0.2) is 35.9 Å². The maximum absolute atomic E-state index is 12.1. The van der Waals surface area contributed by atoms with Gasteiger partial charge in [-0.15, -0.1) is 0 Å². The summed E-state index contributed by atoms with van der Waals surface area (Å²) >= 11 is 0. The summed E-state index contributed by atoms with van der Waals surface area (Å²) in [5.74, 6) is 1.01. The second-order valence-electron chi connectivity index (χ2n) is 4.32. The van der Waals surface area contributed by atoms with Gasteiger partial charge in [-0.1, -0.05) is 13.0 Å². The molecule has 2 heteroatoms. The summed E-state index contributed by atoms with van der Waals surface area (Å²) in [6.45, 7) is 2.79. The van der Waals surface area contributed by atoms with Gasteiger partial charge in [0.05, 0.1) is 6.61 Å². The number of hydrogen-bond acceptors (Lipinski definition) is 2. The fourth-order valence-corrected chi connectivity index (χ4v) is 1.98. The van der Waals surface area contributed by atoms with Crippen LogP contribution >= 0.6 is 0 Å². The molecule has 17 heavy (non-hydrogen) atoms. The first-order chi connectivity index (χ1) is 8.31. The van der Waals surface area contributed by atoms with Crippen LogP contribution in [-0.2, 0) is 0 Å². The maximum atomic E-state index is 12.1. The van der Waals surface area contributed by atoms with Gasteiger partial charge in [0.25, 0.3) is 0 Å². The van der Waals surface area contributed by atoms with E-state index in [1.54, 1.807) is 0 Å². The van der Waals surface area contributed by atoms with Crippen molar-refractivity contribution in [3.8, 4) is 5.75 Å². The van der Waals surface area contributed by atoms with Crippen LogP contribution in [0.4, 0.5) is 0 Å². The third-order valence-electron chi connectivity index (χ3n) is 2.92. The Labute approximate surface area is 102 Å². The second kappa shape index (κ2) is 5.67. The summed E-state index contributed by atoms with van der Waals surface area (Å²) < 4.78 is 5.49. The molecule has 0 aromatic heterocycles. The number of benzene rings is 1. The Hall–Kier alpha value is -1.57. The predicted octanol–water partition coefficient (Wildman–Crippen LogP) is 3.77. The van der Waals surface area contributed by atoms with Gasteiger partial charge in [-0.05, 0) is 55.5 Å².